The molecule has 0 aromatic heterocycles. The summed E-state index contributed by atoms with van der Waals surface area (Å²) < 4.78 is 1.09. The first kappa shape index (κ1) is 10.6. The summed E-state index contributed by atoms with van der Waals surface area (Å²) in [5, 5.41) is 1.06. The van der Waals surface area contributed by atoms with Crippen LogP contribution in [0.3, 0.4) is 0 Å². The second-order valence-corrected chi connectivity index (χ2v) is 4.73. The molecule has 1 rings (SSSR count). The fourth-order valence-corrected chi connectivity index (χ4v) is 2.17. The normalized spacial score (nSPS) is 12.9. The second-order valence-electron chi connectivity index (χ2n) is 2.50. The molecule has 0 fully saturated rings. The number of benzene rings is 1. The number of hydrogen-bond acceptors (Lipinski definition) is 0. The van der Waals surface area contributed by atoms with Gasteiger partial charge in [-0.3, -0.25) is 0 Å². The van der Waals surface area contributed by atoms with Crippen molar-refractivity contribution in [3.63, 3.8) is 0 Å². The molecule has 0 bridgehead atoms. The van der Waals surface area contributed by atoms with E-state index < -0.39 is 0 Å². The van der Waals surface area contributed by atoms with Gasteiger partial charge in [0.25, 0.3) is 0 Å². The summed E-state index contributed by atoms with van der Waals surface area (Å²) >= 11 is 12.9. The summed E-state index contributed by atoms with van der Waals surface area (Å²) in [6, 6.07) is 8.12. The molecule has 0 saturated carbocycles. The van der Waals surface area contributed by atoms with E-state index in [-0.39, 0.29) is 5.38 Å². The molecule has 0 unspecified atom stereocenters. The molecule has 0 aliphatic rings. The Balaban J connectivity index is 2.68. The lowest BCUT2D eigenvalue weighted by atomic mass is 10.1. The quantitative estimate of drug-likeness (QED) is 0.720. The maximum absolute atomic E-state index is 6.11. The Bertz CT molecular complexity index is 233. The average Bonchev–Trinajstić information content (AvgIpc) is 2.06. The topological polar surface area (TPSA) is 0 Å². The maximum Gasteiger partial charge on any atom is 0.0593 e. The van der Waals surface area contributed by atoms with Gasteiger partial charge in [0, 0.05) is 9.80 Å². The molecule has 1 aromatic carbocycles. The summed E-state index contributed by atoms with van der Waals surface area (Å²) in [4.78, 5) is 0. The molecule has 0 N–H and O–H groups in total. The first-order valence-electron chi connectivity index (χ1n) is 3.69. The molecular formula is C9H9Br2Cl. The van der Waals surface area contributed by atoms with Crippen molar-refractivity contribution in [3.8, 4) is 0 Å². The summed E-state index contributed by atoms with van der Waals surface area (Å²) in [6.07, 6.45) is 0.961. The Morgan fingerprint density at radius 1 is 1.25 bits per heavy atom. The summed E-state index contributed by atoms with van der Waals surface area (Å²) in [7, 11) is 0. The monoisotopic (exact) mass is 310 g/mol. The number of rotatable bonds is 3. The molecule has 0 nitrogen and oxygen atoms in total. The third-order valence-electron chi connectivity index (χ3n) is 1.59. The van der Waals surface area contributed by atoms with Gasteiger partial charge in [0.05, 0.1) is 5.38 Å². The van der Waals surface area contributed by atoms with Gasteiger partial charge in [-0.15, -0.1) is 11.6 Å². The Morgan fingerprint density at radius 3 is 2.33 bits per heavy atom. The van der Waals surface area contributed by atoms with Crippen molar-refractivity contribution in [3.05, 3.63) is 34.3 Å². The summed E-state index contributed by atoms with van der Waals surface area (Å²) in [6.45, 7) is 0. The third kappa shape index (κ3) is 3.08. The Morgan fingerprint density at radius 2 is 1.83 bits per heavy atom. The van der Waals surface area contributed by atoms with E-state index in [4.69, 9.17) is 11.6 Å². The minimum absolute atomic E-state index is 0.123. The van der Waals surface area contributed by atoms with E-state index in [2.05, 4.69) is 31.9 Å². The zero-order chi connectivity index (χ0) is 8.97. The average molecular weight is 312 g/mol. The van der Waals surface area contributed by atoms with E-state index in [0.29, 0.717) is 0 Å². The van der Waals surface area contributed by atoms with Gasteiger partial charge in [-0.2, -0.15) is 0 Å². The van der Waals surface area contributed by atoms with Gasteiger partial charge >= 0.3 is 0 Å². The van der Waals surface area contributed by atoms with Crippen LogP contribution in [0, 0.1) is 0 Å². The fraction of sp³-hybridized carbons (Fsp3) is 0.333. The van der Waals surface area contributed by atoms with Crippen LogP contribution in [-0.4, -0.2) is 5.33 Å². The molecule has 0 aliphatic carbocycles. The molecule has 1 atom stereocenters. The molecule has 12 heavy (non-hydrogen) atoms. The van der Waals surface area contributed by atoms with E-state index in [0.717, 1.165) is 16.2 Å². The van der Waals surface area contributed by atoms with Crippen LogP contribution in [0.5, 0.6) is 0 Å². The lowest BCUT2D eigenvalue weighted by Gasteiger charge is -2.06. The van der Waals surface area contributed by atoms with E-state index in [1.807, 2.05) is 24.3 Å². The van der Waals surface area contributed by atoms with Crippen LogP contribution in [0.1, 0.15) is 17.4 Å². The van der Waals surface area contributed by atoms with Crippen LogP contribution in [0.15, 0.2) is 28.7 Å². The summed E-state index contributed by atoms with van der Waals surface area (Å²) in [5.74, 6) is 0. The van der Waals surface area contributed by atoms with Crippen molar-refractivity contribution in [1.29, 1.82) is 0 Å². The standard InChI is InChI=1S/C9H9Br2Cl/c10-6-5-9(12)7-1-3-8(11)4-2-7/h1-4,9H,5-6H2/t9-/m1/s1. The molecule has 0 radical (unpaired) electrons. The molecule has 3 heteroatoms. The first-order valence-corrected chi connectivity index (χ1v) is 6.04. The van der Waals surface area contributed by atoms with E-state index >= 15 is 0 Å². The van der Waals surface area contributed by atoms with E-state index in [1.54, 1.807) is 0 Å². The highest BCUT2D eigenvalue weighted by atomic mass is 79.9. The van der Waals surface area contributed by atoms with Crippen molar-refractivity contribution in [2.75, 3.05) is 5.33 Å². The Hall–Kier alpha value is 0.470. The number of alkyl halides is 2. The van der Waals surface area contributed by atoms with Crippen LogP contribution in [-0.2, 0) is 0 Å². The molecular weight excluding hydrogens is 303 g/mol. The van der Waals surface area contributed by atoms with Crippen LogP contribution in [0.2, 0.25) is 0 Å². The van der Waals surface area contributed by atoms with Gasteiger partial charge in [-0.05, 0) is 24.1 Å². The van der Waals surface area contributed by atoms with Crippen molar-refractivity contribution < 1.29 is 0 Å². The molecule has 0 saturated heterocycles. The van der Waals surface area contributed by atoms with Gasteiger partial charge < -0.3 is 0 Å². The van der Waals surface area contributed by atoms with Crippen molar-refractivity contribution in [2.45, 2.75) is 11.8 Å². The van der Waals surface area contributed by atoms with Crippen LogP contribution >= 0.6 is 43.5 Å². The summed E-state index contributed by atoms with van der Waals surface area (Å²) in [5.41, 5.74) is 1.18. The van der Waals surface area contributed by atoms with Gasteiger partial charge in [0.1, 0.15) is 0 Å². The van der Waals surface area contributed by atoms with Gasteiger partial charge in [-0.25, -0.2) is 0 Å². The van der Waals surface area contributed by atoms with Crippen LogP contribution in [0.4, 0.5) is 0 Å². The highest BCUT2D eigenvalue weighted by Crippen LogP contribution is 2.25. The van der Waals surface area contributed by atoms with Gasteiger partial charge in [0.2, 0.25) is 0 Å². The first-order chi connectivity index (χ1) is 5.74. The molecule has 1 aromatic rings. The number of hydrogen-bond donors (Lipinski definition) is 0. The maximum atomic E-state index is 6.11. The number of halogens is 3. The predicted octanol–water partition coefficient (Wildman–Crippen LogP) is 4.51. The lowest BCUT2D eigenvalue weighted by Crippen LogP contribution is -1.90. The SMILES string of the molecule is Cl[C@H](CCBr)c1ccc(Br)cc1. The van der Waals surface area contributed by atoms with Crippen LogP contribution < -0.4 is 0 Å². The third-order valence-corrected chi connectivity index (χ3v) is 3.05. The van der Waals surface area contributed by atoms with Crippen LogP contribution in [0.25, 0.3) is 0 Å². The minimum Gasteiger partial charge on any atom is -0.118 e. The smallest absolute Gasteiger partial charge is 0.0593 e. The van der Waals surface area contributed by atoms with E-state index in [1.165, 1.54) is 5.56 Å². The lowest BCUT2D eigenvalue weighted by molar-refractivity contribution is 0.900. The molecule has 66 valence electrons. The van der Waals surface area contributed by atoms with E-state index in [9.17, 15) is 0 Å². The van der Waals surface area contributed by atoms with Gasteiger partial charge in [-0.1, -0.05) is 44.0 Å². The predicted molar refractivity (Wildman–Crippen MR) is 61.1 cm³/mol. The van der Waals surface area contributed by atoms with Crippen molar-refractivity contribution in [2.24, 2.45) is 0 Å². The minimum atomic E-state index is 0.123. The zero-order valence-electron chi connectivity index (χ0n) is 6.43. The highest BCUT2D eigenvalue weighted by molar-refractivity contribution is 9.10. The zero-order valence-corrected chi connectivity index (χ0v) is 10.4. The molecule has 0 heterocycles. The molecule has 0 amide bonds. The van der Waals surface area contributed by atoms with Crippen molar-refractivity contribution >= 4 is 43.5 Å². The highest BCUT2D eigenvalue weighted by Gasteiger charge is 2.05. The Labute approximate surface area is 94.6 Å². The fourth-order valence-electron chi connectivity index (χ4n) is 0.934. The molecule has 0 aliphatic heterocycles. The largest absolute Gasteiger partial charge is 0.118 e. The van der Waals surface area contributed by atoms with Crippen molar-refractivity contribution in [1.82, 2.24) is 0 Å². The Kier molecular flexibility index (Phi) is 4.62. The second kappa shape index (κ2) is 5.25. The van der Waals surface area contributed by atoms with Gasteiger partial charge in [0.15, 0.2) is 0 Å². The molecule has 0 spiro atoms.